The molecule has 1 saturated heterocycles. The number of amides is 1. The van der Waals surface area contributed by atoms with Gasteiger partial charge in [0.2, 0.25) is 0 Å². The number of nitrogens with zero attached hydrogens (tertiary/aromatic N) is 1. The molecule has 1 aromatic heterocycles. The van der Waals surface area contributed by atoms with Crippen LogP contribution in [0.25, 0.3) is 10.9 Å². The van der Waals surface area contributed by atoms with Crippen LogP contribution < -0.4 is 10.2 Å². The highest BCUT2D eigenvalue weighted by Crippen LogP contribution is 2.30. The van der Waals surface area contributed by atoms with Gasteiger partial charge in [0, 0.05) is 40.3 Å². The number of halogens is 1. The lowest BCUT2D eigenvalue weighted by Gasteiger charge is -2.29. The highest BCUT2D eigenvalue weighted by Gasteiger charge is 2.21. The number of aryl methyl sites for hydroxylation is 1. The van der Waals surface area contributed by atoms with Gasteiger partial charge in [0.15, 0.2) is 0 Å². The van der Waals surface area contributed by atoms with Gasteiger partial charge in [-0.25, -0.2) is 0 Å². The third kappa shape index (κ3) is 3.93. The van der Waals surface area contributed by atoms with Gasteiger partial charge in [-0.2, -0.15) is 0 Å². The minimum Gasteiger partial charge on any atom is -0.378 e. The van der Waals surface area contributed by atoms with Gasteiger partial charge in [-0.15, -0.1) is 0 Å². The Morgan fingerprint density at radius 2 is 2.00 bits per heavy atom. The fraction of sp³-hybridized carbons (Fsp3) is 0.273. The number of ether oxygens (including phenoxy) is 1. The van der Waals surface area contributed by atoms with Crippen molar-refractivity contribution in [3.63, 3.8) is 0 Å². The maximum Gasteiger partial charge on any atom is 0.296 e. The van der Waals surface area contributed by atoms with E-state index in [-0.39, 0.29) is 0 Å². The van der Waals surface area contributed by atoms with Crippen molar-refractivity contribution in [3.8, 4) is 0 Å². The lowest BCUT2D eigenvalue weighted by Crippen LogP contribution is -2.36. The van der Waals surface area contributed by atoms with Crippen molar-refractivity contribution in [1.82, 2.24) is 4.98 Å². The molecule has 1 aliphatic rings. The molecule has 0 saturated carbocycles. The number of rotatable bonds is 5. The topological polar surface area (TPSA) is 74.4 Å². The number of morpholine rings is 1. The molecule has 0 radical (unpaired) electrons. The molecule has 0 bridgehead atoms. The van der Waals surface area contributed by atoms with Gasteiger partial charge in [-0.05, 0) is 46.1 Å². The molecule has 2 N–H and O–H groups in total. The molecule has 4 rings (SSSR count). The molecule has 2 heterocycles. The number of benzene rings is 2. The van der Waals surface area contributed by atoms with Crippen molar-refractivity contribution < 1.29 is 14.3 Å². The number of H-pyrrole nitrogens is 1. The van der Waals surface area contributed by atoms with E-state index in [0.717, 1.165) is 46.1 Å². The van der Waals surface area contributed by atoms with Crippen molar-refractivity contribution >= 4 is 49.9 Å². The van der Waals surface area contributed by atoms with E-state index in [1.807, 2.05) is 36.4 Å². The van der Waals surface area contributed by atoms with Gasteiger partial charge in [-0.1, -0.05) is 25.1 Å². The van der Waals surface area contributed by atoms with Crippen LogP contribution in [0.2, 0.25) is 0 Å². The standard InChI is InChI=1S/C22H22BrN3O3/c1-2-14-4-3-5-16-17(13-24-20(14)16)21(27)22(28)25-15-6-7-19(18(23)12-15)26-8-10-29-11-9-26/h3-7,12-13,24H,2,8-11H2,1H3,(H,25,28). The summed E-state index contributed by atoms with van der Waals surface area (Å²) in [5, 5.41) is 3.49. The summed E-state index contributed by atoms with van der Waals surface area (Å²) in [6.45, 7) is 5.10. The Hall–Kier alpha value is -2.64. The van der Waals surface area contributed by atoms with Crippen LogP contribution >= 0.6 is 15.9 Å². The number of nitrogens with one attached hydrogen (secondary N) is 2. The largest absolute Gasteiger partial charge is 0.378 e. The first-order chi connectivity index (χ1) is 14.1. The van der Waals surface area contributed by atoms with E-state index in [1.54, 1.807) is 6.20 Å². The maximum absolute atomic E-state index is 12.8. The van der Waals surface area contributed by atoms with Crippen LogP contribution in [0.4, 0.5) is 11.4 Å². The average Bonchev–Trinajstić information content (AvgIpc) is 3.18. The molecule has 7 heteroatoms. The Morgan fingerprint density at radius 1 is 1.21 bits per heavy atom. The van der Waals surface area contributed by atoms with Crippen molar-refractivity contribution in [1.29, 1.82) is 0 Å². The second kappa shape index (κ2) is 8.39. The van der Waals surface area contributed by atoms with E-state index in [2.05, 4.69) is 38.1 Å². The minimum absolute atomic E-state index is 0.386. The molecule has 1 aliphatic heterocycles. The van der Waals surface area contributed by atoms with Crippen LogP contribution in [0.1, 0.15) is 22.8 Å². The monoisotopic (exact) mass is 455 g/mol. The van der Waals surface area contributed by atoms with Crippen LogP contribution in [-0.4, -0.2) is 43.0 Å². The van der Waals surface area contributed by atoms with Crippen LogP contribution in [0.5, 0.6) is 0 Å². The summed E-state index contributed by atoms with van der Waals surface area (Å²) < 4.78 is 6.26. The molecule has 1 amide bonds. The summed E-state index contributed by atoms with van der Waals surface area (Å²) in [4.78, 5) is 30.7. The number of hydrogen-bond acceptors (Lipinski definition) is 4. The van der Waals surface area contributed by atoms with Crippen molar-refractivity contribution in [2.24, 2.45) is 0 Å². The zero-order valence-corrected chi connectivity index (χ0v) is 17.7. The number of aromatic nitrogens is 1. The van der Waals surface area contributed by atoms with Crippen LogP contribution in [0.15, 0.2) is 47.1 Å². The molecular weight excluding hydrogens is 434 g/mol. The first kappa shape index (κ1) is 19.7. The number of para-hydroxylation sites is 1. The lowest BCUT2D eigenvalue weighted by atomic mass is 10.0. The number of ketones is 1. The Bertz CT molecular complexity index is 1070. The number of hydrogen-bond donors (Lipinski definition) is 2. The first-order valence-electron chi connectivity index (χ1n) is 9.65. The summed E-state index contributed by atoms with van der Waals surface area (Å²) in [6, 6.07) is 11.4. The number of aromatic amines is 1. The smallest absolute Gasteiger partial charge is 0.296 e. The number of carbonyl (C=O) groups excluding carboxylic acids is 2. The maximum atomic E-state index is 12.8. The Kier molecular flexibility index (Phi) is 5.69. The highest BCUT2D eigenvalue weighted by molar-refractivity contribution is 9.10. The molecule has 3 aromatic rings. The quantitative estimate of drug-likeness (QED) is 0.447. The Balaban J connectivity index is 1.52. The normalized spacial score (nSPS) is 14.2. The minimum atomic E-state index is -0.654. The van der Waals surface area contributed by atoms with Gasteiger partial charge < -0.3 is 19.9 Å². The third-order valence-corrected chi connectivity index (χ3v) is 5.83. The Morgan fingerprint density at radius 3 is 2.72 bits per heavy atom. The predicted octanol–water partition coefficient (Wildman–Crippen LogP) is 4.15. The molecule has 0 spiro atoms. The summed E-state index contributed by atoms with van der Waals surface area (Å²) in [5.74, 6) is -1.21. The molecular formula is C22H22BrN3O3. The second-order valence-electron chi connectivity index (χ2n) is 6.94. The number of anilines is 2. The molecule has 2 aromatic carbocycles. The molecule has 0 aliphatic carbocycles. The van der Waals surface area contributed by atoms with Crippen molar-refractivity contribution in [3.05, 3.63) is 58.2 Å². The Labute approximate surface area is 177 Å². The van der Waals surface area contributed by atoms with Crippen molar-refractivity contribution in [2.75, 3.05) is 36.5 Å². The van der Waals surface area contributed by atoms with Crippen molar-refractivity contribution in [2.45, 2.75) is 13.3 Å². The van der Waals surface area contributed by atoms with Crippen LogP contribution in [0, 0.1) is 0 Å². The van der Waals surface area contributed by atoms with Crippen LogP contribution in [-0.2, 0) is 16.0 Å². The molecule has 6 nitrogen and oxygen atoms in total. The number of Topliss-reactive ketones (excluding diaryl/α,β-unsaturated/α-hetero) is 1. The summed E-state index contributed by atoms with van der Waals surface area (Å²) in [7, 11) is 0. The van der Waals surface area contributed by atoms with E-state index < -0.39 is 11.7 Å². The van der Waals surface area contributed by atoms with Gasteiger partial charge in [0.25, 0.3) is 11.7 Å². The highest BCUT2D eigenvalue weighted by atomic mass is 79.9. The van der Waals surface area contributed by atoms with Crippen LogP contribution in [0.3, 0.4) is 0 Å². The predicted molar refractivity (Wildman–Crippen MR) is 118 cm³/mol. The SMILES string of the molecule is CCc1cccc2c(C(=O)C(=O)Nc3ccc(N4CCOCC4)c(Br)c3)c[nH]c12. The van der Waals surface area contributed by atoms with E-state index in [0.29, 0.717) is 24.5 Å². The number of fused-ring (bicyclic) bond motifs is 1. The summed E-state index contributed by atoms with van der Waals surface area (Å²) in [5.41, 5.74) is 4.02. The molecule has 150 valence electrons. The summed E-state index contributed by atoms with van der Waals surface area (Å²) in [6.07, 6.45) is 2.46. The number of carbonyl (C=O) groups is 2. The fourth-order valence-electron chi connectivity index (χ4n) is 3.66. The van der Waals surface area contributed by atoms with Gasteiger partial charge in [0.05, 0.1) is 24.5 Å². The van der Waals surface area contributed by atoms with E-state index >= 15 is 0 Å². The van der Waals surface area contributed by atoms with E-state index in [9.17, 15) is 9.59 Å². The molecule has 0 atom stereocenters. The zero-order chi connectivity index (χ0) is 20.4. The van der Waals surface area contributed by atoms with Gasteiger partial charge in [0.1, 0.15) is 0 Å². The lowest BCUT2D eigenvalue weighted by molar-refractivity contribution is -0.112. The average molecular weight is 456 g/mol. The summed E-state index contributed by atoms with van der Waals surface area (Å²) >= 11 is 3.57. The zero-order valence-electron chi connectivity index (χ0n) is 16.1. The third-order valence-electron chi connectivity index (χ3n) is 5.19. The molecule has 0 unspecified atom stereocenters. The van der Waals surface area contributed by atoms with Gasteiger partial charge in [-0.3, -0.25) is 9.59 Å². The van der Waals surface area contributed by atoms with Gasteiger partial charge >= 0.3 is 0 Å². The molecule has 1 fully saturated rings. The second-order valence-corrected chi connectivity index (χ2v) is 7.80. The fourth-order valence-corrected chi connectivity index (χ4v) is 4.28. The van der Waals surface area contributed by atoms with E-state index in [1.165, 1.54) is 0 Å². The first-order valence-corrected chi connectivity index (χ1v) is 10.4. The van der Waals surface area contributed by atoms with E-state index in [4.69, 9.17) is 4.74 Å². The molecule has 29 heavy (non-hydrogen) atoms.